The lowest BCUT2D eigenvalue weighted by Gasteiger charge is -2.12. The highest BCUT2D eigenvalue weighted by Crippen LogP contribution is 2.42. The molecule has 1 fully saturated rings. The van der Waals surface area contributed by atoms with Gasteiger partial charge >= 0.3 is 0 Å². The number of halogens is 1. The smallest absolute Gasteiger partial charge is 0.253 e. The van der Waals surface area contributed by atoms with Crippen LogP contribution in [-0.4, -0.2) is 31.9 Å². The quantitative estimate of drug-likeness (QED) is 0.722. The summed E-state index contributed by atoms with van der Waals surface area (Å²) in [6, 6.07) is 7.11. The maximum Gasteiger partial charge on any atom is 0.253 e. The van der Waals surface area contributed by atoms with Crippen LogP contribution in [0.1, 0.15) is 30.7 Å². The summed E-state index contributed by atoms with van der Waals surface area (Å²) in [6.07, 6.45) is 6.68. The van der Waals surface area contributed by atoms with E-state index < -0.39 is 0 Å². The van der Waals surface area contributed by atoms with Gasteiger partial charge in [-0.05, 0) is 48.9 Å². The predicted molar refractivity (Wildman–Crippen MR) is 90.0 cm³/mol. The molecule has 4 rings (SSSR count). The van der Waals surface area contributed by atoms with E-state index in [4.69, 9.17) is 4.74 Å². The zero-order chi connectivity index (χ0) is 16.5. The Labute approximate surface area is 143 Å². The van der Waals surface area contributed by atoms with Crippen molar-refractivity contribution < 1.29 is 9.13 Å². The van der Waals surface area contributed by atoms with Gasteiger partial charge in [0.05, 0.1) is 7.11 Å². The summed E-state index contributed by atoms with van der Waals surface area (Å²) >= 11 is 1.69. The molecule has 5 nitrogen and oxygen atoms in total. The van der Waals surface area contributed by atoms with E-state index in [1.807, 2.05) is 18.3 Å². The monoisotopic (exact) mass is 344 g/mol. The summed E-state index contributed by atoms with van der Waals surface area (Å²) in [5.41, 5.74) is 1.04. The van der Waals surface area contributed by atoms with Crippen molar-refractivity contribution in [2.75, 3.05) is 7.11 Å². The first-order valence-corrected chi connectivity index (χ1v) is 8.78. The van der Waals surface area contributed by atoms with Gasteiger partial charge in [0.15, 0.2) is 11.6 Å². The Balaban J connectivity index is 1.45. The van der Waals surface area contributed by atoms with E-state index in [0.717, 1.165) is 30.0 Å². The molecule has 1 aliphatic carbocycles. The summed E-state index contributed by atoms with van der Waals surface area (Å²) in [5, 5.41) is 5.63. The first-order valence-electron chi connectivity index (χ1n) is 7.90. The molecule has 3 aromatic rings. The summed E-state index contributed by atoms with van der Waals surface area (Å²) in [6.45, 7) is 0. The van der Waals surface area contributed by atoms with E-state index in [1.165, 1.54) is 7.11 Å². The first-order chi connectivity index (χ1) is 11.7. The van der Waals surface area contributed by atoms with Crippen molar-refractivity contribution in [2.24, 2.45) is 0 Å². The molecule has 1 aliphatic rings. The van der Waals surface area contributed by atoms with Gasteiger partial charge < -0.3 is 4.74 Å². The molecule has 0 aliphatic heterocycles. The van der Waals surface area contributed by atoms with E-state index >= 15 is 0 Å². The standard InChI is InChI=1S/C17H17FN4OS/c1-23-15-6-4-12(10-14(15)18)11-3-5-13(9-11)24-17-20-16-19-7-2-8-22(16)21-17/h2,4,6-8,10-11,13H,3,5,9H2,1H3. The minimum Gasteiger partial charge on any atom is -0.494 e. The predicted octanol–water partition coefficient (Wildman–Crippen LogP) is 3.70. The summed E-state index contributed by atoms with van der Waals surface area (Å²) in [4.78, 5) is 8.63. The fourth-order valence-electron chi connectivity index (χ4n) is 3.20. The number of nitrogens with zero attached hydrogens (tertiary/aromatic N) is 4. The topological polar surface area (TPSA) is 52.3 Å². The molecule has 0 saturated heterocycles. The van der Waals surface area contributed by atoms with E-state index in [9.17, 15) is 4.39 Å². The number of hydrogen-bond acceptors (Lipinski definition) is 5. The van der Waals surface area contributed by atoms with Crippen molar-refractivity contribution >= 4 is 17.5 Å². The first kappa shape index (κ1) is 15.4. The Bertz CT molecular complexity index is 836. The van der Waals surface area contributed by atoms with Gasteiger partial charge in [0.25, 0.3) is 5.78 Å². The molecule has 24 heavy (non-hydrogen) atoms. The number of methoxy groups -OCH3 is 1. The number of fused-ring (bicyclic) bond motifs is 1. The van der Waals surface area contributed by atoms with Gasteiger partial charge in [-0.15, -0.1) is 5.10 Å². The van der Waals surface area contributed by atoms with Crippen LogP contribution in [0.25, 0.3) is 5.78 Å². The average molecular weight is 344 g/mol. The van der Waals surface area contributed by atoms with Gasteiger partial charge in [-0.25, -0.2) is 13.9 Å². The molecule has 0 spiro atoms. The lowest BCUT2D eigenvalue weighted by atomic mass is 9.97. The molecule has 0 radical (unpaired) electrons. The van der Waals surface area contributed by atoms with Crippen LogP contribution in [-0.2, 0) is 0 Å². The van der Waals surface area contributed by atoms with E-state index in [0.29, 0.717) is 22.7 Å². The molecule has 2 atom stereocenters. The lowest BCUT2D eigenvalue weighted by Crippen LogP contribution is -1.99. The van der Waals surface area contributed by atoms with Crippen LogP contribution in [0.2, 0.25) is 0 Å². The normalized spacial score (nSPS) is 20.6. The molecular formula is C17H17FN4OS. The maximum absolute atomic E-state index is 13.9. The summed E-state index contributed by atoms with van der Waals surface area (Å²) in [5.74, 6) is 0.994. The highest BCUT2D eigenvalue weighted by molar-refractivity contribution is 7.99. The van der Waals surface area contributed by atoms with Crippen LogP contribution in [0.5, 0.6) is 5.75 Å². The van der Waals surface area contributed by atoms with E-state index in [2.05, 4.69) is 15.1 Å². The molecule has 7 heteroatoms. The van der Waals surface area contributed by atoms with E-state index in [-0.39, 0.29) is 5.82 Å². The molecule has 2 heterocycles. The van der Waals surface area contributed by atoms with Gasteiger partial charge in [0.1, 0.15) is 0 Å². The van der Waals surface area contributed by atoms with Crippen molar-refractivity contribution in [1.29, 1.82) is 0 Å². The second-order valence-electron chi connectivity index (χ2n) is 5.90. The van der Waals surface area contributed by atoms with Crippen molar-refractivity contribution in [3.63, 3.8) is 0 Å². The number of benzene rings is 1. The third-order valence-electron chi connectivity index (χ3n) is 4.40. The van der Waals surface area contributed by atoms with Crippen molar-refractivity contribution in [1.82, 2.24) is 19.6 Å². The van der Waals surface area contributed by atoms with Gasteiger partial charge in [0, 0.05) is 17.6 Å². The zero-order valence-electron chi connectivity index (χ0n) is 13.2. The Morgan fingerprint density at radius 1 is 1.33 bits per heavy atom. The van der Waals surface area contributed by atoms with Crippen LogP contribution >= 0.6 is 11.8 Å². The van der Waals surface area contributed by atoms with Gasteiger partial charge in [0.2, 0.25) is 5.16 Å². The highest BCUT2D eigenvalue weighted by atomic mass is 32.2. The van der Waals surface area contributed by atoms with Crippen LogP contribution < -0.4 is 4.74 Å². The number of ether oxygens (including phenoxy) is 1. The minimum atomic E-state index is -0.292. The molecule has 0 bridgehead atoms. The molecule has 1 aromatic carbocycles. The Hall–Kier alpha value is -2.15. The summed E-state index contributed by atoms with van der Waals surface area (Å²) < 4.78 is 20.6. The molecule has 124 valence electrons. The second kappa shape index (κ2) is 6.39. The average Bonchev–Trinajstić information content (AvgIpc) is 3.21. The minimum absolute atomic E-state index is 0.292. The largest absolute Gasteiger partial charge is 0.494 e. The third-order valence-corrected chi connectivity index (χ3v) is 5.55. The molecule has 0 N–H and O–H groups in total. The van der Waals surface area contributed by atoms with Crippen LogP contribution in [0, 0.1) is 5.82 Å². The number of hydrogen-bond donors (Lipinski definition) is 0. The van der Waals surface area contributed by atoms with Crippen LogP contribution in [0.15, 0.2) is 41.8 Å². The number of rotatable bonds is 4. The number of thioether (sulfide) groups is 1. The molecule has 2 aromatic heterocycles. The molecule has 1 saturated carbocycles. The van der Waals surface area contributed by atoms with Gasteiger partial charge in [-0.1, -0.05) is 17.8 Å². The fraction of sp³-hybridized carbons (Fsp3) is 0.353. The Morgan fingerprint density at radius 3 is 3.04 bits per heavy atom. The van der Waals surface area contributed by atoms with E-state index in [1.54, 1.807) is 34.6 Å². The van der Waals surface area contributed by atoms with Gasteiger partial charge in [-0.2, -0.15) is 4.98 Å². The zero-order valence-corrected chi connectivity index (χ0v) is 14.0. The summed E-state index contributed by atoms with van der Waals surface area (Å²) in [7, 11) is 1.48. The van der Waals surface area contributed by atoms with Crippen LogP contribution in [0.3, 0.4) is 0 Å². The lowest BCUT2D eigenvalue weighted by molar-refractivity contribution is 0.386. The van der Waals surface area contributed by atoms with Crippen molar-refractivity contribution in [3.8, 4) is 5.75 Å². The fourth-order valence-corrected chi connectivity index (χ4v) is 4.35. The SMILES string of the molecule is COc1ccc(C2CCC(Sc3nc4ncccn4n3)C2)cc1F. The second-order valence-corrected chi connectivity index (χ2v) is 7.17. The molecular weight excluding hydrogens is 327 g/mol. The highest BCUT2D eigenvalue weighted by Gasteiger charge is 2.28. The van der Waals surface area contributed by atoms with Crippen LogP contribution in [0.4, 0.5) is 4.39 Å². The third kappa shape index (κ3) is 2.96. The van der Waals surface area contributed by atoms with Crippen molar-refractivity contribution in [3.05, 3.63) is 48.0 Å². The molecule has 0 amide bonds. The number of aromatic nitrogens is 4. The van der Waals surface area contributed by atoms with Crippen molar-refractivity contribution in [2.45, 2.75) is 35.6 Å². The Morgan fingerprint density at radius 2 is 2.25 bits per heavy atom. The Kier molecular flexibility index (Phi) is 4.10. The van der Waals surface area contributed by atoms with Gasteiger partial charge in [-0.3, -0.25) is 0 Å². The maximum atomic E-state index is 13.9. The molecule has 2 unspecified atom stereocenters.